The Morgan fingerprint density at radius 2 is 1.84 bits per heavy atom. The minimum Gasteiger partial charge on any atom is -0.507 e. The molecular formula is C32H33N7O4. The molecule has 2 aliphatic rings. The number of aromatic nitrogens is 6. The molecule has 1 aromatic carbocycles. The average molecular weight is 580 g/mol. The second kappa shape index (κ2) is 10.8. The minimum atomic E-state index is -0.526. The lowest BCUT2D eigenvalue weighted by Gasteiger charge is -2.18. The third kappa shape index (κ3) is 4.98. The van der Waals surface area contributed by atoms with Gasteiger partial charge in [0, 0.05) is 60.3 Å². The van der Waals surface area contributed by atoms with Gasteiger partial charge >= 0.3 is 5.97 Å². The molecule has 1 aliphatic carbocycles. The molecule has 2 fully saturated rings. The Kier molecular flexibility index (Phi) is 6.79. The Bertz CT molecular complexity index is 1790. The van der Waals surface area contributed by atoms with Crippen LogP contribution in [0.15, 0.2) is 59.4 Å². The number of carbonyl (C=O) groups is 1. The smallest absolute Gasteiger partial charge is 0.316 e. The molecule has 1 saturated carbocycles. The Morgan fingerprint density at radius 1 is 1.05 bits per heavy atom. The third-order valence-corrected chi connectivity index (χ3v) is 8.50. The van der Waals surface area contributed by atoms with E-state index in [4.69, 9.17) is 9.26 Å². The molecular weight excluding hydrogens is 546 g/mol. The first-order valence-electron chi connectivity index (χ1n) is 14.7. The fourth-order valence-electron chi connectivity index (χ4n) is 6.13. The third-order valence-electron chi connectivity index (χ3n) is 8.50. The summed E-state index contributed by atoms with van der Waals surface area (Å²) in [6.45, 7) is 5.52. The molecule has 11 heteroatoms. The first-order valence-corrected chi connectivity index (χ1v) is 14.7. The van der Waals surface area contributed by atoms with Crippen molar-refractivity contribution in [3.63, 3.8) is 0 Å². The molecule has 0 spiro atoms. The van der Waals surface area contributed by atoms with Crippen molar-refractivity contribution < 1.29 is 19.2 Å². The van der Waals surface area contributed by atoms with Crippen LogP contribution in [0.1, 0.15) is 62.4 Å². The van der Waals surface area contributed by atoms with E-state index in [0.717, 1.165) is 48.9 Å². The molecule has 5 heterocycles. The van der Waals surface area contributed by atoms with E-state index in [1.807, 2.05) is 26.0 Å². The summed E-state index contributed by atoms with van der Waals surface area (Å²) < 4.78 is 12.9. The number of fused-ring (bicyclic) bond motifs is 1. The summed E-state index contributed by atoms with van der Waals surface area (Å²) in [5, 5.41) is 23.5. The molecule has 1 N–H and O–H groups in total. The number of para-hydroxylation sites is 1. The monoisotopic (exact) mass is 579 g/mol. The predicted molar refractivity (Wildman–Crippen MR) is 160 cm³/mol. The van der Waals surface area contributed by atoms with E-state index in [-0.39, 0.29) is 17.6 Å². The van der Waals surface area contributed by atoms with Crippen molar-refractivity contribution in [2.45, 2.75) is 51.0 Å². The van der Waals surface area contributed by atoms with Crippen molar-refractivity contribution in [3.05, 3.63) is 66.3 Å². The Morgan fingerprint density at radius 3 is 2.56 bits per heavy atom. The molecule has 4 aromatic heterocycles. The maximum Gasteiger partial charge on any atom is 0.316 e. The first kappa shape index (κ1) is 27.1. The van der Waals surface area contributed by atoms with Crippen LogP contribution in [-0.2, 0) is 9.53 Å². The Balaban J connectivity index is 1.11. The molecule has 43 heavy (non-hydrogen) atoms. The average Bonchev–Trinajstić information content (AvgIpc) is 3.39. The summed E-state index contributed by atoms with van der Waals surface area (Å²) in [7, 11) is 1.37. The van der Waals surface area contributed by atoms with Crippen molar-refractivity contribution in [2.24, 2.45) is 5.92 Å². The largest absolute Gasteiger partial charge is 0.507 e. The van der Waals surface area contributed by atoms with Crippen molar-refractivity contribution in [1.29, 1.82) is 0 Å². The number of methoxy groups -OCH3 is 1. The number of phenolic OH excluding ortho intramolecular Hbond substituents is 1. The number of ether oxygens (including phenoxy) is 1. The molecule has 220 valence electrons. The van der Waals surface area contributed by atoms with Gasteiger partial charge in [-0.05, 0) is 49.4 Å². The van der Waals surface area contributed by atoms with Crippen LogP contribution in [0.4, 0.5) is 5.95 Å². The SMILES string of the molecule is COC(=O)C(c1cc(-c2cnc(N3CC[C@@H](c4cc5nnc(-c6ccccc6O)cc5n4C4CC4)C3)nc2)no1)C(C)C. The van der Waals surface area contributed by atoms with Gasteiger partial charge in [-0.15, -0.1) is 10.2 Å². The lowest BCUT2D eigenvalue weighted by Crippen LogP contribution is -2.22. The summed E-state index contributed by atoms with van der Waals surface area (Å²) >= 11 is 0. The zero-order chi connectivity index (χ0) is 29.7. The highest BCUT2D eigenvalue weighted by molar-refractivity contribution is 5.82. The van der Waals surface area contributed by atoms with Crippen molar-refractivity contribution in [2.75, 3.05) is 25.1 Å². The topological polar surface area (TPSA) is 132 Å². The second-order valence-electron chi connectivity index (χ2n) is 11.8. The van der Waals surface area contributed by atoms with Gasteiger partial charge in [0.2, 0.25) is 5.95 Å². The normalized spacial score (nSPS) is 17.6. The number of hydrogen-bond acceptors (Lipinski definition) is 10. The molecule has 7 rings (SSSR count). The van der Waals surface area contributed by atoms with E-state index < -0.39 is 5.92 Å². The number of phenols is 1. The molecule has 0 bridgehead atoms. The summed E-state index contributed by atoms with van der Waals surface area (Å²) in [4.78, 5) is 23.8. The standard InChI is InChI=1S/C32H33N7O4/c1-18(2)30(31(41)42-3)29-14-23(37-43-29)20-15-33-32(34-16-20)38-11-10-19(17-38)26-13-25-27(39(26)21-8-9-21)12-24(35-36-25)22-6-4-5-7-28(22)40/h4-7,12-16,18-19,21,30,40H,8-11,17H2,1-3H3/t19-,30?/m1/s1. The van der Waals surface area contributed by atoms with E-state index in [9.17, 15) is 9.90 Å². The van der Waals surface area contributed by atoms with Crippen LogP contribution in [0.2, 0.25) is 0 Å². The number of rotatable bonds is 8. The summed E-state index contributed by atoms with van der Waals surface area (Å²) in [6.07, 6.45) is 6.76. The second-order valence-corrected chi connectivity index (χ2v) is 11.8. The number of esters is 1. The maximum absolute atomic E-state index is 12.3. The molecule has 2 atom stereocenters. The van der Waals surface area contributed by atoms with E-state index in [2.05, 4.69) is 46.9 Å². The number of benzene rings is 1. The Hall–Kier alpha value is -4.80. The molecule has 1 unspecified atom stereocenters. The molecule has 11 nitrogen and oxygen atoms in total. The molecule has 1 saturated heterocycles. The van der Waals surface area contributed by atoms with E-state index >= 15 is 0 Å². The number of aromatic hydroxyl groups is 1. The minimum absolute atomic E-state index is 0.0000408. The van der Waals surface area contributed by atoms with Gasteiger partial charge in [0.1, 0.15) is 22.9 Å². The maximum atomic E-state index is 12.3. The van der Waals surface area contributed by atoms with Crippen LogP contribution < -0.4 is 4.90 Å². The molecule has 1 aliphatic heterocycles. The quantitative estimate of drug-likeness (QED) is 0.235. The van der Waals surface area contributed by atoms with Crippen LogP contribution in [0.25, 0.3) is 33.5 Å². The first-order chi connectivity index (χ1) is 20.9. The zero-order valence-electron chi connectivity index (χ0n) is 24.3. The van der Waals surface area contributed by atoms with Crippen molar-refractivity contribution in [1.82, 2.24) is 29.9 Å². The van der Waals surface area contributed by atoms with Crippen LogP contribution in [0, 0.1) is 5.92 Å². The number of carbonyl (C=O) groups excluding carboxylic acids is 1. The molecule has 0 amide bonds. The lowest BCUT2D eigenvalue weighted by atomic mass is 9.93. The highest BCUT2D eigenvalue weighted by Crippen LogP contribution is 2.43. The van der Waals surface area contributed by atoms with Gasteiger partial charge in [-0.1, -0.05) is 31.1 Å². The summed E-state index contributed by atoms with van der Waals surface area (Å²) in [5.74, 6) is 0.755. The van der Waals surface area contributed by atoms with E-state index in [1.54, 1.807) is 30.6 Å². The fourth-order valence-corrected chi connectivity index (χ4v) is 6.13. The fraction of sp³-hybridized carbons (Fsp3) is 0.375. The van der Waals surface area contributed by atoms with Crippen LogP contribution in [0.3, 0.4) is 0 Å². The molecule has 5 aromatic rings. The lowest BCUT2D eigenvalue weighted by molar-refractivity contribution is -0.144. The molecule has 0 radical (unpaired) electrons. The van der Waals surface area contributed by atoms with Crippen molar-refractivity contribution >= 4 is 23.0 Å². The van der Waals surface area contributed by atoms with Crippen LogP contribution in [-0.4, -0.2) is 61.2 Å². The highest BCUT2D eigenvalue weighted by Gasteiger charge is 2.34. The Labute approximate surface area is 248 Å². The summed E-state index contributed by atoms with van der Waals surface area (Å²) in [5.41, 5.74) is 5.84. The predicted octanol–water partition coefficient (Wildman–Crippen LogP) is 5.49. The summed E-state index contributed by atoms with van der Waals surface area (Å²) in [6, 6.07) is 13.7. The van der Waals surface area contributed by atoms with Gasteiger partial charge in [-0.25, -0.2) is 9.97 Å². The van der Waals surface area contributed by atoms with Crippen LogP contribution >= 0.6 is 0 Å². The number of nitrogens with zero attached hydrogens (tertiary/aromatic N) is 7. The highest BCUT2D eigenvalue weighted by atomic mass is 16.5. The number of anilines is 1. The zero-order valence-corrected chi connectivity index (χ0v) is 24.3. The van der Waals surface area contributed by atoms with E-state index in [1.165, 1.54) is 12.8 Å². The van der Waals surface area contributed by atoms with Gasteiger partial charge in [0.25, 0.3) is 0 Å². The number of hydrogen-bond donors (Lipinski definition) is 1. The van der Waals surface area contributed by atoms with Gasteiger partial charge in [0.05, 0.1) is 18.3 Å². The van der Waals surface area contributed by atoms with Crippen molar-refractivity contribution in [3.8, 4) is 28.3 Å². The van der Waals surface area contributed by atoms with E-state index in [0.29, 0.717) is 40.6 Å². The van der Waals surface area contributed by atoms with Gasteiger partial charge < -0.3 is 23.8 Å². The van der Waals surface area contributed by atoms with Crippen LogP contribution in [0.5, 0.6) is 5.75 Å². The van der Waals surface area contributed by atoms with Gasteiger partial charge in [-0.2, -0.15) is 0 Å². The van der Waals surface area contributed by atoms with Gasteiger partial charge in [-0.3, -0.25) is 4.79 Å². The van der Waals surface area contributed by atoms with Gasteiger partial charge in [0.15, 0.2) is 5.76 Å².